The van der Waals surface area contributed by atoms with Gasteiger partial charge in [0.05, 0.1) is 18.0 Å². The minimum Gasteiger partial charge on any atom is -0.391 e. The Labute approximate surface area is 144 Å². The normalized spacial score (nSPS) is 20.8. The standard InChI is InChI=1S/C15H19BrN4O.ClH/c16-13-1-3-14(4-2-13)20-10-11(6-19-20)5-17-7-12-8-18-9-15(12)21;/h1-4,6,10,12,15,17-18,21H,5,7-9H2;1H. The van der Waals surface area contributed by atoms with E-state index in [1.54, 1.807) is 0 Å². The molecule has 2 heterocycles. The van der Waals surface area contributed by atoms with E-state index in [1.165, 1.54) is 0 Å². The molecule has 22 heavy (non-hydrogen) atoms. The number of β-amino-alcohol motifs (C(OH)–C–C–N with tert-alkyl or cyclic N) is 1. The number of benzene rings is 1. The third-order valence-electron chi connectivity index (χ3n) is 3.77. The molecule has 0 spiro atoms. The van der Waals surface area contributed by atoms with Crippen LogP contribution in [0.5, 0.6) is 0 Å². The van der Waals surface area contributed by atoms with Crippen LogP contribution in [0, 0.1) is 5.92 Å². The molecule has 5 nitrogen and oxygen atoms in total. The van der Waals surface area contributed by atoms with Crippen LogP contribution < -0.4 is 10.6 Å². The van der Waals surface area contributed by atoms with Crippen molar-refractivity contribution in [2.45, 2.75) is 12.6 Å². The summed E-state index contributed by atoms with van der Waals surface area (Å²) in [5.74, 6) is 0.298. The molecule has 3 rings (SSSR count). The molecule has 0 aliphatic carbocycles. The van der Waals surface area contributed by atoms with Crippen LogP contribution in [0.3, 0.4) is 0 Å². The Balaban J connectivity index is 0.00000176. The summed E-state index contributed by atoms with van der Waals surface area (Å²) in [7, 11) is 0. The van der Waals surface area contributed by atoms with Gasteiger partial charge in [-0.05, 0) is 24.3 Å². The van der Waals surface area contributed by atoms with Crippen molar-refractivity contribution < 1.29 is 5.11 Å². The van der Waals surface area contributed by atoms with E-state index in [0.29, 0.717) is 12.5 Å². The van der Waals surface area contributed by atoms with Crippen molar-refractivity contribution in [1.82, 2.24) is 20.4 Å². The largest absolute Gasteiger partial charge is 0.391 e. The first kappa shape index (κ1) is 17.4. The summed E-state index contributed by atoms with van der Waals surface area (Å²) in [6.07, 6.45) is 3.67. The Bertz CT molecular complexity index is 589. The predicted molar refractivity (Wildman–Crippen MR) is 92.6 cm³/mol. The average molecular weight is 388 g/mol. The SMILES string of the molecule is Cl.OC1CNCC1CNCc1cnn(-c2ccc(Br)cc2)c1. The fourth-order valence-corrected chi connectivity index (χ4v) is 2.78. The van der Waals surface area contributed by atoms with Gasteiger partial charge >= 0.3 is 0 Å². The summed E-state index contributed by atoms with van der Waals surface area (Å²) in [6, 6.07) is 8.05. The van der Waals surface area contributed by atoms with E-state index in [4.69, 9.17) is 0 Å². The maximum atomic E-state index is 9.74. The Hall–Kier alpha value is -0.920. The van der Waals surface area contributed by atoms with Gasteiger partial charge in [-0.2, -0.15) is 5.10 Å². The van der Waals surface area contributed by atoms with Gasteiger partial charge < -0.3 is 15.7 Å². The van der Waals surface area contributed by atoms with Gasteiger partial charge in [-0.25, -0.2) is 4.68 Å². The zero-order chi connectivity index (χ0) is 14.7. The molecule has 0 amide bonds. The van der Waals surface area contributed by atoms with E-state index in [9.17, 15) is 5.11 Å². The van der Waals surface area contributed by atoms with E-state index < -0.39 is 0 Å². The second-order valence-corrected chi connectivity index (χ2v) is 6.30. The summed E-state index contributed by atoms with van der Waals surface area (Å²) in [5.41, 5.74) is 2.18. The highest BCUT2D eigenvalue weighted by Gasteiger charge is 2.23. The maximum Gasteiger partial charge on any atom is 0.0716 e. The Morgan fingerprint density at radius 3 is 2.77 bits per heavy atom. The van der Waals surface area contributed by atoms with Crippen molar-refractivity contribution in [3.05, 3.63) is 46.7 Å². The summed E-state index contributed by atoms with van der Waals surface area (Å²) < 4.78 is 2.93. The molecular weight excluding hydrogens is 368 g/mol. The molecule has 1 aliphatic heterocycles. The fraction of sp³-hybridized carbons (Fsp3) is 0.400. The van der Waals surface area contributed by atoms with Crippen LogP contribution in [0.4, 0.5) is 0 Å². The first-order valence-corrected chi connectivity index (χ1v) is 7.90. The van der Waals surface area contributed by atoms with Crippen molar-refractivity contribution >= 4 is 28.3 Å². The fourth-order valence-electron chi connectivity index (χ4n) is 2.52. The van der Waals surface area contributed by atoms with Gasteiger partial charge in [0.15, 0.2) is 0 Å². The third kappa shape index (κ3) is 4.30. The van der Waals surface area contributed by atoms with Crippen molar-refractivity contribution in [2.24, 2.45) is 5.92 Å². The third-order valence-corrected chi connectivity index (χ3v) is 4.30. The molecule has 0 radical (unpaired) electrons. The van der Waals surface area contributed by atoms with Gasteiger partial charge in [0.2, 0.25) is 0 Å². The highest BCUT2D eigenvalue weighted by Crippen LogP contribution is 2.14. The molecule has 2 aromatic rings. The number of hydrogen-bond acceptors (Lipinski definition) is 4. The van der Waals surface area contributed by atoms with E-state index in [1.807, 2.05) is 41.3 Å². The molecule has 3 N–H and O–H groups in total. The highest BCUT2D eigenvalue weighted by molar-refractivity contribution is 9.10. The van der Waals surface area contributed by atoms with Crippen LogP contribution in [0.2, 0.25) is 0 Å². The van der Waals surface area contributed by atoms with E-state index in [-0.39, 0.29) is 18.5 Å². The minimum atomic E-state index is -0.233. The van der Waals surface area contributed by atoms with Crippen LogP contribution in [0.1, 0.15) is 5.56 Å². The number of rotatable bonds is 5. The monoisotopic (exact) mass is 386 g/mol. The second kappa shape index (κ2) is 8.08. The smallest absolute Gasteiger partial charge is 0.0716 e. The molecule has 120 valence electrons. The van der Waals surface area contributed by atoms with Crippen molar-refractivity contribution in [3.63, 3.8) is 0 Å². The molecule has 7 heteroatoms. The summed E-state index contributed by atoms with van der Waals surface area (Å²) in [6.45, 7) is 3.16. The topological polar surface area (TPSA) is 62.1 Å². The molecule has 0 saturated carbocycles. The molecule has 1 aromatic heterocycles. The first-order valence-electron chi connectivity index (χ1n) is 7.11. The van der Waals surface area contributed by atoms with Crippen molar-refractivity contribution in [3.8, 4) is 5.69 Å². The Morgan fingerprint density at radius 2 is 2.09 bits per heavy atom. The zero-order valence-electron chi connectivity index (χ0n) is 12.1. The quantitative estimate of drug-likeness (QED) is 0.731. The lowest BCUT2D eigenvalue weighted by Gasteiger charge is -2.13. The Kier molecular flexibility index (Phi) is 6.40. The number of hydrogen-bond donors (Lipinski definition) is 3. The number of aromatic nitrogens is 2. The Morgan fingerprint density at radius 1 is 1.32 bits per heavy atom. The van der Waals surface area contributed by atoms with E-state index >= 15 is 0 Å². The summed E-state index contributed by atoms with van der Waals surface area (Å²) >= 11 is 3.43. The molecule has 1 saturated heterocycles. The van der Waals surface area contributed by atoms with Crippen LogP contribution in [-0.4, -0.2) is 40.6 Å². The van der Waals surface area contributed by atoms with Crippen LogP contribution in [-0.2, 0) is 6.54 Å². The lowest BCUT2D eigenvalue weighted by atomic mass is 10.1. The molecule has 1 aromatic carbocycles. The molecule has 2 unspecified atom stereocenters. The van der Waals surface area contributed by atoms with Gasteiger partial charge in [-0.3, -0.25) is 0 Å². The molecular formula is C15H20BrClN4O. The van der Waals surface area contributed by atoms with E-state index in [2.05, 4.69) is 31.7 Å². The molecule has 2 atom stereocenters. The van der Waals surface area contributed by atoms with E-state index in [0.717, 1.165) is 35.4 Å². The predicted octanol–water partition coefficient (Wildman–Crippen LogP) is 1.73. The number of halogens is 2. The van der Waals surface area contributed by atoms with Gasteiger partial charge in [0.1, 0.15) is 0 Å². The van der Waals surface area contributed by atoms with Gasteiger partial charge in [-0.1, -0.05) is 15.9 Å². The molecule has 1 fully saturated rings. The maximum absolute atomic E-state index is 9.74. The highest BCUT2D eigenvalue weighted by atomic mass is 79.9. The lowest BCUT2D eigenvalue weighted by molar-refractivity contribution is 0.146. The molecule has 0 bridgehead atoms. The molecule has 1 aliphatic rings. The van der Waals surface area contributed by atoms with Gasteiger partial charge in [0, 0.05) is 48.3 Å². The number of nitrogens with zero attached hydrogens (tertiary/aromatic N) is 2. The van der Waals surface area contributed by atoms with Crippen LogP contribution in [0.15, 0.2) is 41.1 Å². The van der Waals surface area contributed by atoms with Gasteiger partial charge in [0.25, 0.3) is 0 Å². The number of aliphatic hydroxyl groups excluding tert-OH is 1. The first-order chi connectivity index (χ1) is 10.2. The number of aliphatic hydroxyl groups is 1. The van der Waals surface area contributed by atoms with Crippen LogP contribution >= 0.6 is 28.3 Å². The van der Waals surface area contributed by atoms with Crippen molar-refractivity contribution in [1.29, 1.82) is 0 Å². The summed E-state index contributed by atoms with van der Waals surface area (Å²) in [4.78, 5) is 0. The minimum absolute atomic E-state index is 0. The average Bonchev–Trinajstić information content (AvgIpc) is 3.10. The van der Waals surface area contributed by atoms with Crippen LogP contribution in [0.25, 0.3) is 5.69 Å². The second-order valence-electron chi connectivity index (χ2n) is 5.39. The van der Waals surface area contributed by atoms with Gasteiger partial charge in [-0.15, -0.1) is 12.4 Å². The number of nitrogens with one attached hydrogen (secondary N) is 2. The summed E-state index contributed by atoms with van der Waals surface area (Å²) in [5, 5.41) is 20.7. The van der Waals surface area contributed by atoms with Crippen molar-refractivity contribution in [2.75, 3.05) is 19.6 Å². The lowest BCUT2D eigenvalue weighted by Crippen LogP contribution is -2.30. The zero-order valence-corrected chi connectivity index (χ0v) is 14.5.